The Morgan fingerprint density at radius 2 is 1.70 bits per heavy atom. The highest BCUT2D eigenvalue weighted by atomic mass is 16.3. The fraction of sp³-hybridized carbons (Fsp3) is 1.00. The summed E-state index contributed by atoms with van der Waals surface area (Å²) in [6.07, 6.45) is 10.6. The highest BCUT2D eigenvalue weighted by Gasteiger charge is 2.52. The summed E-state index contributed by atoms with van der Waals surface area (Å²) in [4.78, 5) is 0. The highest BCUT2D eigenvalue weighted by Crippen LogP contribution is 2.53. The van der Waals surface area contributed by atoms with Crippen molar-refractivity contribution in [1.82, 2.24) is 0 Å². The van der Waals surface area contributed by atoms with Crippen LogP contribution in [0.4, 0.5) is 0 Å². The summed E-state index contributed by atoms with van der Waals surface area (Å²) in [5.41, 5.74) is 5.70. The maximum Gasteiger partial charge on any atom is 0.0718 e. The van der Waals surface area contributed by atoms with E-state index in [0.717, 1.165) is 43.9 Å². The van der Waals surface area contributed by atoms with Gasteiger partial charge in [-0.25, -0.2) is 0 Å². The Morgan fingerprint density at radius 3 is 2.20 bits per heavy atom. The lowest BCUT2D eigenvalue weighted by Gasteiger charge is -2.54. The molecule has 3 unspecified atom stereocenters. The Morgan fingerprint density at radius 1 is 1.05 bits per heavy atom. The maximum atomic E-state index is 11.4. The Labute approximate surface area is 125 Å². The van der Waals surface area contributed by atoms with Crippen LogP contribution in [0.25, 0.3) is 0 Å². The fourth-order valence-electron chi connectivity index (χ4n) is 4.86. The first kappa shape index (κ1) is 16.3. The molecule has 2 saturated carbocycles. The molecular weight excluding hydrogens is 246 g/mol. The molecule has 2 aliphatic rings. The summed E-state index contributed by atoms with van der Waals surface area (Å²) < 4.78 is 0. The minimum Gasteiger partial charge on any atom is -0.389 e. The Balaban J connectivity index is 2.07. The molecule has 0 aliphatic heterocycles. The fourth-order valence-corrected chi connectivity index (χ4v) is 4.86. The van der Waals surface area contributed by atoms with E-state index in [9.17, 15) is 5.11 Å². The van der Waals surface area contributed by atoms with Gasteiger partial charge >= 0.3 is 0 Å². The molecule has 3 N–H and O–H groups in total. The van der Waals surface area contributed by atoms with Gasteiger partial charge < -0.3 is 10.8 Å². The predicted octanol–water partition coefficient (Wildman–Crippen LogP) is 4.11. The Kier molecular flexibility index (Phi) is 5.18. The molecule has 0 aromatic carbocycles. The van der Waals surface area contributed by atoms with Crippen LogP contribution in [0.5, 0.6) is 0 Å². The molecule has 0 spiro atoms. The zero-order chi connectivity index (χ0) is 14.8. The second-order valence-electron chi connectivity index (χ2n) is 7.95. The summed E-state index contributed by atoms with van der Waals surface area (Å²) in [6.45, 7) is 7.59. The third-order valence-corrected chi connectivity index (χ3v) is 6.78. The lowest BCUT2D eigenvalue weighted by Crippen LogP contribution is -2.57. The molecule has 118 valence electrons. The van der Waals surface area contributed by atoms with E-state index in [2.05, 4.69) is 20.8 Å². The summed E-state index contributed by atoms with van der Waals surface area (Å²) in [6, 6.07) is 0. The van der Waals surface area contributed by atoms with Crippen LogP contribution in [0, 0.1) is 23.2 Å². The van der Waals surface area contributed by atoms with Gasteiger partial charge in [0.1, 0.15) is 0 Å². The van der Waals surface area contributed by atoms with Gasteiger partial charge in [0, 0.05) is 12.0 Å². The van der Waals surface area contributed by atoms with E-state index >= 15 is 0 Å². The largest absolute Gasteiger partial charge is 0.389 e. The summed E-state index contributed by atoms with van der Waals surface area (Å²) >= 11 is 0. The van der Waals surface area contributed by atoms with Crippen molar-refractivity contribution in [2.75, 3.05) is 6.54 Å². The number of hydrogen-bond donors (Lipinski definition) is 2. The van der Waals surface area contributed by atoms with E-state index in [-0.39, 0.29) is 5.41 Å². The van der Waals surface area contributed by atoms with Gasteiger partial charge in [-0.3, -0.25) is 0 Å². The van der Waals surface area contributed by atoms with Gasteiger partial charge in [0.15, 0.2) is 0 Å². The third-order valence-electron chi connectivity index (χ3n) is 6.78. The van der Waals surface area contributed by atoms with Crippen molar-refractivity contribution >= 4 is 0 Å². The van der Waals surface area contributed by atoms with Crippen LogP contribution >= 0.6 is 0 Å². The topological polar surface area (TPSA) is 46.2 Å². The molecule has 2 rings (SSSR count). The normalized spacial score (nSPS) is 46.4. The van der Waals surface area contributed by atoms with Crippen molar-refractivity contribution in [1.29, 1.82) is 0 Å². The summed E-state index contributed by atoms with van der Waals surface area (Å²) in [7, 11) is 0. The first-order valence-electron chi connectivity index (χ1n) is 8.89. The molecule has 20 heavy (non-hydrogen) atoms. The molecule has 0 radical (unpaired) electrons. The molecule has 2 nitrogen and oxygen atoms in total. The number of rotatable bonds is 4. The summed E-state index contributed by atoms with van der Waals surface area (Å²) in [5.74, 6) is 2.26. The van der Waals surface area contributed by atoms with E-state index in [1.54, 1.807) is 0 Å². The Bertz CT molecular complexity index is 309. The van der Waals surface area contributed by atoms with Crippen molar-refractivity contribution in [3.05, 3.63) is 0 Å². The minimum atomic E-state index is -0.495. The van der Waals surface area contributed by atoms with Crippen LogP contribution in [0.15, 0.2) is 0 Å². The monoisotopic (exact) mass is 281 g/mol. The molecule has 3 atom stereocenters. The van der Waals surface area contributed by atoms with E-state index in [1.807, 2.05) is 0 Å². The van der Waals surface area contributed by atoms with Gasteiger partial charge in [0.25, 0.3) is 0 Å². The van der Waals surface area contributed by atoms with Crippen LogP contribution in [0.3, 0.4) is 0 Å². The van der Waals surface area contributed by atoms with Gasteiger partial charge in [0.2, 0.25) is 0 Å². The average Bonchev–Trinajstić information content (AvgIpc) is 2.45. The van der Waals surface area contributed by atoms with Gasteiger partial charge in [0.05, 0.1) is 5.60 Å². The smallest absolute Gasteiger partial charge is 0.0718 e. The molecule has 0 aromatic rings. The molecule has 2 fully saturated rings. The molecule has 2 aliphatic carbocycles. The second-order valence-corrected chi connectivity index (χ2v) is 7.95. The predicted molar refractivity (Wildman–Crippen MR) is 85.5 cm³/mol. The molecular formula is C18H35NO. The number of aliphatic hydroxyl groups is 1. The molecule has 0 aromatic heterocycles. The molecule has 0 heterocycles. The third kappa shape index (κ3) is 2.92. The summed E-state index contributed by atoms with van der Waals surface area (Å²) in [5, 5.41) is 11.4. The van der Waals surface area contributed by atoms with Gasteiger partial charge in [-0.2, -0.15) is 0 Å². The first-order valence-corrected chi connectivity index (χ1v) is 8.89. The van der Waals surface area contributed by atoms with Crippen LogP contribution in [-0.4, -0.2) is 17.3 Å². The maximum absolute atomic E-state index is 11.4. The lowest BCUT2D eigenvalue weighted by molar-refractivity contribution is -0.143. The van der Waals surface area contributed by atoms with Gasteiger partial charge in [-0.1, -0.05) is 33.6 Å². The standard InChI is InChI=1S/C18H35NO/c1-4-5-16-7-9-17(13-19,10-8-16)18(20)11-6-14(2)15(3)12-18/h14-16,20H,4-13,19H2,1-3H3. The van der Waals surface area contributed by atoms with Gasteiger partial charge in [-0.15, -0.1) is 0 Å². The minimum absolute atomic E-state index is 0.00560. The zero-order valence-corrected chi connectivity index (χ0v) is 13.8. The van der Waals surface area contributed by atoms with E-state index in [0.29, 0.717) is 12.5 Å². The van der Waals surface area contributed by atoms with E-state index < -0.39 is 5.60 Å². The van der Waals surface area contributed by atoms with Crippen LogP contribution in [-0.2, 0) is 0 Å². The number of hydrogen-bond acceptors (Lipinski definition) is 2. The van der Waals surface area contributed by atoms with Gasteiger partial charge in [-0.05, 0) is 62.7 Å². The van der Waals surface area contributed by atoms with Crippen LogP contribution < -0.4 is 5.73 Å². The van der Waals surface area contributed by atoms with Crippen molar-refractivity contribution in [2.24, 2.45) is 28.9 Å². The average molecular weight is 281 g/mol. The van der Waals surface area contributed by atoms with E-state index in [4.69, 9.17) is 5.73 Å². The van der Waals surface area contributed by atoms with Crippen molar-refractivity contribution in [3.8, 4) is 0 Å². The lowest BCUT2D eigenvalue weighted by atomic mass is 9.55. The van der Waals surface area contributed by atoms with Crippen molar-refractivity contribution < 1.29 is 5.11 Å². The van der Waals surface area contributed by atoms with Crippen molar-refractivity contribution in [2.45, 2.75) is 84.2 Å². The SMILES string of the molecule is CCCC1CCC(CN)(C2(O)CCC(C)C(C)C2)CC1. The second kappa shape index (κ2) is 6.36. The molecule has 0 amide bonds. The van der Waals surface area contributed by atoms with Crippen LogP contribution in [0.1, 0.15) is 78.6 Å². The van der Waals surface area contributed by atoms with E-state index in [1.165, 1.54) is 25.7 Å². The first-order chi connectivity index (χ1) is 9.46. The van der Waals surface area contributed by atoms with Crippen molar-refractivity contribution in [3.63, 3.8) is 0 Å². The molecule has 0 saturated heterocycles. The Hall–Kier alpha value is -0.0800. The number of nitrogens with two attached hydrogens (primary N) is 1. The molecule has 2 heteroatoms. The van der Waals surface area contributed by atoms with Crippen LogP contribution in [0.2, 0.25) is 0 Å². The quantitative estimate of drug-likeness (QED) is 0.814. The highest BCUT2D eigenvalue weighted by molar-refractivity contribution is 5.04. The zero-order valence-electron chi connectivity index (χ0n) is 13.8. The molecule has 0 bridgehead atoms.